The van der Waals surface area contributed by atoms with Crippen LogP contribution >= 0.6 is 0 Å². The van der Waals surface area contributed by atoms with E-state index in [4.69, 9.17) is 0 Å². The van der Waals surface area contributed by atoms with Crippen molar-refractivity contribution in [1.29, 1.82) is 0 Å². The zero-order chi connectivity index (χ0) is 0. The standard InChI is InChI=1S/FH.Li.Mg.2Na/h1H;;;;. The average Bonchev–Trinajstić information content (AvgIpc) is 0. The summed E-state index contributed by atoms with van der Waals surface area (Å²) in [4.78, 5) is 0. The molecule has 0 heterocycles. The fourth-order valence-corrected chi connectivity index (χ4v) is 0. The van der Waals surface area contributed by atoms with E-state index in [2.05, 4.69) is 0 Å². The second kappa shape index (κ2) is 26.6. The SMILES string of the molecule is F.[Li].[Mg].[Na].[Na]. The van der Waals surface area contributed by atoms with Crippen LogP contribution in [0.3, 0.4) is 0 Å². The first-order valence-electron chi connectivity index (χ1n) is 0. The van der Waals surface area contributed by atoms with Crippen LogP contribution in [-0.2, 0) is 0 Å². The van der Waals surface area contributed by atoms with Gasteiger partial charge in [0.25, 0.3) is 0 Å². The molecule has 0 spiro atoms. The summed E-state index contributed by atoms with van der Waals surface area (Å²) in [5, 5.41) is 0. The van der Waals surface area contributed by atoms with E-state index in [9.17, 15) is 0 Å². The predicted octanol–water partition coefficient (Wildman–Crippen LogP) is -1.37. The molecule has 5 radical (unpaired) electrons. The van der Waals surface area contributed by atoms with Gasteiger partial charge in [-0.1, -0.05) is 0 Å². The third-order valence-corrected chi connectivity index (χ3v) is 0. The van der Waals surface area contributed by atoms with Gasteiger partial charge in [-0.3, -0.25) is 4.70 Å². The summed E-state index contributed by atoms with van der Waals surface area (Å²) in [7, 11) is 0. The second-order valence-electron chi connectivity index (χ2n) is 0. The van der Waals surface area contributed by atoms with Crippen molar-refractivity contribution < 1.29 is 4.70 Å². The van der Waals surface area contributed by atoms with Gasteiger partial charge in [0, 0.05) is 101 Å². The van der Waals surface area contributed by atoms with E-state index in [0.29, 0.717) is 0 Å². The molecule has 0 nitrogen and oxygen atoms in total. The third kappa shape index (κ3) is 18.8. The molecule has 0 fully saturated rings. The fraction of sp³-hybridized carbons (Fsp3) is 0. The topological polar surface area (TPSA) is 0 Å². The van der Waals surface area contributed by atoms with Crippen LogP contribution in [0.5, 0.6) is 0 Å². The van der Waals surface area contributed by atoms with E-state index in [1.165, 1.54) is 0 Å². The van der Waals surface area contributed by atoms with Gasteiger partial charge in [-0.15, -0.1) is 0 Å². The van der Waals surface area contributed by atoms with Crippen LogP contribution < -0.4 is 0 Å². The van der Waals surface area contributed by atoms with Crippen LogP contribution in [0.25, 0.3) is 0 Å². The molecule has 13 valence electrons. The molecule has 5 heteroatoms. The van der Waals surface area contributed by atoms with Gasteiger partial charge >= 0.3 is 0 Å². The van der Waals surface area contributed by atoms with Gasteiger partial charge < -0.3 is 0 Å². The van der Waals surface area contributed by atoms with Gasteiger partial charge in [-0.25, -0.2) is 0 Å². The van der Waals surface area contributed by atoms with Gasteiger partial charge in [-0.05, 0) is 0 Å². The average molecular weight is 97.2 g/mol. The van der Waals surface area contributed by atoms with Gasteiger partial charge in [0.05, 0.1) is 0 Å². The quantitative estimate of drug-likeness (QED) is 0.327. The molecule has 0 saturated heterocycles. The Morgan fingerprint density at radius 1 is 0.800 bits per heavy atom. The molecule has 0 aromatic heterocycles. The summed E-state index contributed by atoms with van der Waals surface area (Å²) in [6.45, 7) is 0. The zero-order valence-corrected chi connectivity index (χ0v) is 9.53. The molecule has 0 aliphatic heterocycles. The number of rotatable bonds is 0. The number of halogens is 1. The molecule has 0 N–H and O–H groups in total. The van der Waals surface area contributed by atoms with E-state index in [0.717, 1.165) is 0 Å². The van der Waals surface area contributed by atoms with Crippen LogP contribution in [0.2, 0.25) is 0 Å². The molecule has 0 rings (SSSR count). The van der Waals surface area contributed by atoms with Crippen molar-refractivity contribution in [2.24, 2.45) is 0 Å². The van der Waals surface area contributed by atoms with E-state index < -0.39 is 0 Å². The molecule has 0 unspecified atom stereocenters. The molecule has 5 heavy (non-hydrogen) atoms. The molecule has 0 aromatic carbocycles. The van der Waals surface area contributed by atoms with Crippen LogP contribution in [0.15, 0.2) is 0 Å². The minimum absolute atomic E-state index is 0. The van der Waals surface area contributed by atoms with Crippen molar-refractivity contribution in [3.8, 4) is 0 Å². The Labute approximate surface area is 103 Å². The monoisotopic (exact) mass is 97.0 g/mol. The molecule has 0 aliphatic rings. The molecule has 0 bridgehead atoms. The maximum Gasteiger partial charge on any atom is 0 e. The molecule has 0 atom stereocenters. The Morgan fingerprint density at radius 2 is 0.800 bits per heavy atom. The van der Waals surface area contributed by atoms with E-state index in [1.807, 2.05) is 0 Å². The minimum Gasteiger partial charge on any atom is -0.269 e. The largest absolute Gasteiger partial charge is 0.269 e. The first kappa shape index (κ1) is 40.7. The Bertz CT molecular complexity index is 9.61. The van der Waals surface area contributed by atoms with Crippen molar-refractivity contribution in [3.05, 3.63) is 0 Å². The summed E-state index contributed by atoms with van der Waals surface area (Å²) >= 11 is 0. The molecule has 0 saturated carbocycles. The third-order valence-electron chi connectivity index (χ3n) is 0. The summed E-state index contributed by atoms with van der Waals surface area (Å²) in [5.41, 5.74) is 0. The zero-order valence-electron chi connectivity index (χ0n) is 4.12. The smallest absolute Gasteiger partial charge is 0 e. The second-order valence-corrected chi connectivity index (χ2v) is 0. The Hall–Kier alpha value is 3.29. The van der Waals surface area contributed by atoms with Crippen LogP contribution in [0.1, 0.15) is 0 Å². The summed E-state index contributed by atoms with van der Waals surface area (Å²) in [6.07, 6.45) is 0. The fourth-order valence-electron chi connectivity index (χ4n) is 0. The Morgan fingerprint density at radius 3 is 0.800 bits per heavy atom. The first-order chi connectivity index (χ1) is 0. The minimum atomic E-state index is 0. The molecular formula is HFLiMgNa2. The maximum absolute atomic E-state index is 0. The van der Waals surface area contributed by atoms with Gasteiger partial charge in [0.1, 0.15) is 0 Å². The molecule has 0 aliphatic carbocycles. The Kier molecular flexibility index (Phi) is 217. The van der Waals surface area contributed by atoms with E-state index >= 15 is 0 Å². The first-order valence-corrected chi connectivity index (χ1v) is 0. The summed E-state index contributed by atoms with van der Waals surface area (Å²) in [6, 6.07) is 0. The van der Waals surface area contributed by atoms with Gasteiger partial charge in [-0.2, -0.15) is 0 Å². The number of hydrogen-bond acceptors (Lipinski definition) is 0. The molecular weight excluding hydrogens is 96.2 g/mol. The number of hydrogen-bond donors (Lipinski definition) is 0. The van der Waals surface area contributed by atoms with E-state index in [-0.39, 0.29) is 106 Å². The maximum atomic E-state index is 0. The van der Waals surface area contributed by atoms with Crippen molar-refractivity contribution in [2.75, 3.05) is 0 Å². The van der Waals surface area contributed by atoms with Crippen LogP contribution in [-0.4, -0.2) is 101 Å². The molecule has 0 aromatic rings. The van der Waals surface area contributed by atoms with Crippen molar-refractivity contribution in [3.63, 3.8) is 0 Å². The van der Waals surface area contributed by atoms with E-state index in [1.54, 1.807) is 0 Å². The van der Waals surface area contributed by atoms with Crippen LogP contribution in [0, 0.1) is 0 Å². The predicted molar refractivity (Wildman–Crippen MR) is 25.5 cm³/mol. The van der Waals surface area contributed by atoms with Crippen molar-refractivity contribution in [1.82, 2.24) is 0 Å². The van der Waals surface area contributed by atoms with Crippen molar-refractivity contribution in [2.45, 2.75) is 0 Å². The summed E-state index contributed by atoms with van der Waals surface area (Å²) in [5.74, 6) is 0. The van der Waals surface area contributed by atoms with Gasteiger partial charge in [0.15, 0.2) is 0 Å². The van der Waals surface area contributed by atoms with Gasteiger partial charge in [0.2, 0.25) is 0 Å². The molecule has 0 amide bonds. The Balaban J connectivity index is 0. The van der Waals surface area contributed by atoms with Crippen LogP contribution in [0.4, 0.5) is 4.70 Å². The summed E-state index contributed by atoms with van der Waals surface area (Å²) < 4.78 is 0. The van der Waals surface area contributed by atoms with Crippen molar-refractivity contribution >= 4 is 101 Å². The normalized spacial score (nSPS) is 0.